The Morgan fingerprint density at radius 1 is 0.955 bits per heavy atom. The van der Waals surface area contributed by atoms with Crippen molar-refractivity contribution in [1.82, 2.24) is 9.80 Å². The molecule has 1 amide bonds. The number of unbranched alkanes of at least 4 members (excludes halogenated alkanes) is 2. The Bertz CT molecular complexity index is 281. The normalized spacial score (nSPS) is 16.2. The Balaban J connectivity index is 2.02. The van der Waals surface area contributed by atoms with E-state index < -0.39 is 0 Å². The quantitative estimate of drug-likeness (QED) is 0.503. The van der Waals surface area contributed by atoms with Gasteiger partial charge in [0, 0.05) is 46.4 Å². The highest BCUT2D eigenvalue weighted by Gasteiger charge is 2.20. The van der Waals surface area contributed by atoms with Gasteiger partial charge in [0.05, 0.1) is 19.8 Å². The van der Waals surface area contributed by atoms with Crippen molar-refractivity contribution in [2.24, 2.45) is 0 Å². The molecule has 6 nitrogen and oxygen atoms in total. The van der Waals surface area contributed by atoms with Gasteiger partial charge < -0.3 is 19.1 Å². The van der Waals surface area contributed by atoms with Crippen molar-refractivity contribution in [1.29, 1.82) is 0 Å². The smallest absolute Gasteiger partial charge is 0.248 e. The Kier molecular flexibility index (Phi) is 11.3. The van der Waals surface area contributed by atoms with E-state index >= 15 is 0 Å². The summed E-state index contributed by atoms with van der Waals surface area (Å²) in [7, 11) is 1.67. The van der Waals surface area contributed by atoms with Crippen LogP contribution in [0.5, 0.6) is 0 Å². The van der Waals surface area contributed by atoms with Crippen molar-refractivity contribution >= 4 is 5.91 Å². The summed E-state index contributed by atoms with van der Waals surface area (Å²) in [6.45, 7) is 9.40. The van der Waals surface area contributed by atoms with Gasteiger partial charge in [0.25, 0.3) is 0 Å². The maximum atomic E-state index is 12.0. The predicted octanol–water partition coefficient (Wildman–Crippen LogP) is 1.00. The van der Waals surface area contributed by atoms with Gasteiger partial charge in [0.15, 0.2) is 0 Å². The SMILES string of the molecule is CCCCCOCC(=O)N1CCN(CCOCCOC)CC1. The lowest BCUT2D eigenvalue weighted by Gasteiger charge is -2.34. The molecule has 0 aromatic rings. The van der Waals surface area contributed by atoms with E-state index in [0.29, 0.717) is 19.8 Å². The highest BCUT2D eigenvalue weighted by Crippen LogP contribution is 2.03. The topological polar surface area (TPSA) is 51.2 Å². The molecule has 6 heteroatoms. The third kappa shape index (κ3) is 8.68. The van der Waals surface area contributed by atoms with E-state index in [0.717, 1.165) is 45.8 Å². The van der Waals surface area contributed by atoms with Gasteiger partial charge in [-0.05, 0) is 6.42 Å². The number of methoxy groups -OCH3 is 1. The Morgan fingerprint density at radius 2 is 1.73 bits per heavy atom. The van der Waals surface area contributed by atoms with Crippen LogP contribution in [-0.4, -0.2) is 88.6 Å². The molecule has 22 heavy (non-hydrogen) atoms. The van der Waals surface area contributed by atoms with Gasteiger partial charge >= 0.3 is 0 Å². The zero-order valence-corrected chi connectivity index (χ0v) is 14.2. The van der Waals surface area contributed by atoms with E-state index in [1.807, 2.05) is 4.90 Å². The number of hydrogen-bond acceptors (Lipinski definition) is 5. The fourth-order valence-electron chi connectivity index (χ4n) is 2.36. The first-order chi connectivity index (χ1) is 10.8. The van der Waals surface area contributed by atoms with E-state index in [9.17, 15) is 4.79 Å². The Labute approximate surface area is 134 Å². The summed E-state index contributed by atoms with van der Waals surface area (Å²) in [5, 5.41) is 0. The van der Waals surface area contributed by atoms with Crippen LogP contribution in [0.25, 0.3) is 0 Å². The van der Waals surface area contributed by atoms with Gasteiger partial charge in [-0.25, -0.2) is 0 Å². The van der Waals surface area contributed by atoms with Gasteiger partial charge in [-0.2, -0.15) is 0 Å². The first-order valence-corrected chi connectivity index (χ1v) is 8.42. The number of ether oxygens (including phenoxy) is 3. The number of carbonyl (C=O) groups excluding carboxylic acids is 1. The minimum atomic E-state index is 0.118. The molecule has 0 radical (unpaired) electrons. The molecule has 0 spiro atoms. The van der Waals surface area contributed by atoms with E-state index in [4.69, 9.17) is 14.2 Å². The number of amides is 1. The van der Waals surface area contributed by atoms with E-state index in [-0.39, 0.29) is 12.5 Å². The number of hydrogen-bond donors (Lipinski definition) is 0. The first-order valence-electron chi connectivity index (χ1n) is 8.42. The molecule has 0 saturated carbocycles. The van der Waals surface area contributed by atoms with Gasteiger partial charge in [-0.1, -0.05) is 19.8 Å². The molecule has 1 saturated heterocycles. The Hall–Kier alpha value is -0.690. The maximum Gasteiger partial charge on any atom is 0.248 e. The summed E-state index contributed by atoms with van der Waals surface area (Å²) in [5.74, 6) is 0.118. The van der Waals surface area contributed by atoms with Crippen molar-refractivity contribution in [3.8, 4) is 0 Å². The molecule has 0 bridgehead atoms. The second-order valence-electron chi connectivity index (χ2n) is 5.59. The van der Waals surface area contributed by atoms with Crippen LogP contribution in [0.2, 0.25) is 0 Å². The van der Waals surface area contributed by atoms with Crippen LogP contribution in [0.3, 0.4) is 0 Å². The summed E-state index contributed by atoms with van der Waals surface area (Å²) < 4.78 is 15.8. The molecule has 1 aliphatic heterocycles. The predicted molar refractivity (Wildman–Crippen MR) is 86.1 cm³/mol. The maximum absolute atomic E-state index is 12.0. The molecule has 0 aromatic carbocycles. The second kappa shape index (κ2) is 12.8. The first kappa shape index (κ1) is 19.4. The van der Waals surface area contributed by atoms with Gasteiger partial charge in [0.2, 0.25) is 5.91 Å². The molecule has 0 atom stereocenters. The van der Waals surface area contributed by atoms with E-state index in [2.05, 4.69) is 11.8 Å². The summed E-state index contributed by atoms with van der Waals surface area (Å²) in [6.07, 6.45) is 3.38. The van der Waals surface area contributed by atoms with Crippen LogP contribution in [0.1, 0.15) is 26.2 Å². The van der Waals surface area contributed by atoms with Crippen LogP contribution < -0.4 is 0 Å². The van der Waals surface area contributed by atoms with Gasteiger partial charge in [-0.15, -0.1) is 0 Å². The third-order valence-electron chi connectivity index (χ3n) is 3.83. The van der Waals surface area contributed by atoms with Gasteiger partial charge in [0.1, 0.15) is 6.61 Å². The molecular weight excluding hydrogens is 284 g/mol. The summed E-state index contributed by atoms with van der Waals surface area (Å²) in [4.78, 5) is 16.3. The molecule has 1 aliphatic rings. The summed E-state index contributed by atoms with van der Waals surface area (Å²) in [5.41, 5.74) is 0. The molecule has 0 N–H and O–H groups in total. The van der Waals surface area contributed by atoms with Crippen LogP contribution in [0, 0.1) is 0 Å². The molecule has 1 heterocycles. The lowest BCUT2D eigenvalue weighted by molar-refractivity contribution is -0.138. The molecule has 1 rings (SSSR count). The standard InChI is InChI=1S/C16H32N2O4/c1-3-4-5-11-22-15-16(19)18-8-6-17(7-9-18)10-12-21-14-13-20-2/h3-15H2,1-2H3. The average molecular weight is 316 g/mol. The largest absolute Gasteiger partial charge is 0.382 e. The lowest BCUT2D eigenvalue weighted by Crippen LogP contribution is -2.50. The Morgan fingerprint density at radius 3 is 2.41 bits per heavy atom. The molecule has 0 aliphatic carbocycles. The molecule has 1 fully saturated rings. The lowest BCUT2D eigenvalue weighted by atomic mass is 10.3. The minimum Gasteiger partial charge on any atom is -0.382 e. The molecule has 0 aromatic heterocycles. The van der Waals surface area contributed by atoms with Crippen LogP contribution >= 0.6 is 0 Å². The third-order valence-corrected chi connectivity index (χ3v) is 3.83. The average Bonchev–Trinajstić information content (AvgIpc) is 2.55. The van der Waals surface area contributed by atoms with Crippen molar-refractivity contribution in [3.63, 3.8) is 0 Å². The van der Waals surface area contributed by atoms with Crippen LogP contribution in [0.4, 0.5) is 0 Å². The molecule has 130 valence electrons. The fraction of sp³-hybridized carbons (Fsp3) is 0.938. The second-order valence-corrected chi connectivity index (χ2v) is 5.59. The van der Waals surface area contributed by atoms with Crippen molar-refractivity contribution in [3.05, 3.63) is 0 Å². The van der Waals surface area contributed by atoms with Crippen LogP contribution in [0.15, 0.2) is 0 Å². The van der Waals surface area contributed by atoms with Crippen LogP contribution in [-0.2, 0) is 19.0 Å². The molecule has 0 unspecified atom stereocenters. The van der Waals surface area contributed by atoms with Crippen molar-refractivity contribution < 1.29 is 19.0 Å². The number of piperazine rings is 1. The van der Waals surface area contributed by atoms with E-state index in [1.165, 1.54) is 12.8 Å². The fourth-order valence-corrected chi connectivity index (χ4v) is 2.36. The summed E-state index contributed by atoms with van der Waals surface area (Å²) in [6, 6.07) is 0. The zero-order chi connectivity index (χ0) is 16.0. The van der Waals surface area contributed by atoms with Gasteiger partial charge in [-0.3, -0.25) is 9.69 Å². The van der Waals surface area contributed by atoms with Crippen molar-refractivity contribution in [2.75, 3.05) is 72.9 Å². The summed E-state index contributed by atoms with van der Waals surface area (Å²) >= 11 is 0. The zero-order valence-electron chi connectivity index (χ0n) is 14.2. The van der Waals surface area contributed by atoms with E-state index in [1.54, 1.807) is 7.11 Å². The molecular formula is C16H32N2O4. The minimum absolute atomic E-state index is 0.118. The highest BCUT2D eigenvalue weighted by molar-refractivity contribution is 5.77. The van der Waals surface area contributed by atoms with Crippen molar-refractivity contribution in [2.45, 2.75) is 26.2 Å². The number of rotatable bonds is 12. The number of carbonyl (C=O) groups is 1. The number of nitrogens with zero attached hydrogens (tertiary/aromatic N) is 2. The highest BCUT2D eigenvalue weighted by atomic mass is 16.5. The monoisotopic (exact) mass is 316 g/mol.